The second-order valence-corrected chi connectivity index (χ2v) is 13.0. The predicted octanol–water partition coefficient (Wildman–Crippen LogP) is 4.19. The minimum atomic E-state index is -1.15. The molecule has 1 saturated heterocycles. The van der Waals surface area contributed by atoms with Gasteiger partial charge in [-0.05, 0) is 80.9 Å². The van der Waals surface area contributed by atoms with Crippen molar-refractivity contribution in [2.45, 2.75) is 102 Å². The maximum absolute atomic E-state index is 14.1. The largest absolute Gasteiger partial charge is 0.480 e. The minimum absolute atomic E-state index is 0.00444. The van der Waals surface area contributed by atoms with Crippen molar-refractivity contribution >= 4 is 28.9 Å². The Labute approximate surface area is 256 Å². The number of rotatable bonds is 2. The number of nitrogens with zero attached hydrogens (tertiary/aromatic N) is 3. The monoisotopic (exact) mass is 606 g/mol. The first kappa shape index (κ1) is 30.1. The molecule has 2 aliphatic carbocycles. The zero-order chi connectivity index (χ0) is 31.0. The van der Waals surface area contributed by atoms with Gasteiger partial charge < -0.3 is 24.8 Å². The highest BCUT2D eigenvalue weighted by atomic mass is 16.6. The van der Waals surface area contributed by atoms with Crippen LogP contribution in [0.1, 0.15) is 70.3 Å². The number of aryl methyl sites for hydroxylation is 1. The van der Waals surface area contributed by atoms with Gasteiger partial charge in [0.1, 0.15) is 24.3 Å². The highest BCUT2D eigenvalue weighted by molar-refractivity contribution is 5.90. The van der Waals surface area contributed by atoms with Crippen LogP contribution < -0.4 is 15.6 Å². The SMILES string of the molecule is Cc1ccc2c(=O)n3c(nc2c1)O[C@@H]1C[C@@H](C(=O)O)N(C1)C(=O)[C@H](C1CCCC1)NC(=O)O[C@@H]1CCC(C)[C@@H]1CCC=CC3. The average Bonchev–Trinajstić information content (AvgIpc) is 3.74. The molecule has 11 nitrogen and oxygen atoms in total. The van der Waals surface area contributed by atoms with E-state index in [4.69, 9.17) is 14.5 Å². The van der Waals surface area contributed by atoms with Crippen molar-refractivity contribution in [1.82, 2.24) is 19.8 Å². The molecule has 2 aromatic rings. The van der Waals surface area contributed by atoms with Gasteiger partial charge in [-0.25, -0.2) is 9.59 Å². The molecule has 3 fully saturated rings. The average molecular weight is 607 g/mol. The standard InChI is InChI=1S/C33H42N4O7/c1-19-11-13-24-25(16-19)34-32-36(29(24)38)15-7-3-4-10-23-20(2)12-14-27(23)44-33(42)35-28(21-8-5-6-9-21)30(39)37-18-22(43-32)17-26(37)31(40)41/h3,7,11,13,16,20-23,26-28H,4-6,8-10,12,14-15,17-18H2,1-2H3,(H,35,42)(H,40,41)/t20?,22-,23+,26+,27-,28+/m1/s1. The van der Waals surface area contributed by atoms with Gasteiger partial charge in [-0.3, -0.25) is 14.2 Å². The van der Waals surface area contributed by atoms with Gasteiger partial charge in [0.05, 0.1) is 17.4 Å². The van der Waals surface area contributed by atoms with Crippen molar-refractivity contribution in [1.29, 1.82) is 0 Å². The van der Waals surface area contributed by atoms with Gasteiger partial charge >= 0.3 is 12.1 Å². The molecule has 44 heavy (non-hydrogen) atoms. The van der Waals surface area contributed by atoms with Gasteiger partial charge in [-0.1, -0.05) is 38.0 Å². The summed E-state index contributed by atoms with van der Waals surface area (Å²) in [5, 5.41) is 13.5. The fourth-order valence-electron chi connectivity index (χ4n) is 7.65. The van der Waals surface area contributed by atoms with Crippen molar-refractivity contribution < 1.29 is 29.0 Å². The van der Waals surface area contributed by atoms with Crippen LogP contribution in [0.5, 0.6) is 6.01 Å². The van der Waals surface area contributed by atoms with Gasteiger partial charge in [0.2, 0.25) is 5.91 Å². The molecule has 4 aliphatic rings. The summed E-state index contributed by atoms with van der Waals surface area (Å²) in [6.07, 6.45) is 9.11. The summed E-state index contributed by atoms with van der Waals surface area (Å²) in [6, 6.07) is 3.53. The number of aromatic nitrogens is 2. The normalized spacial score (nSPS) is 30.2. The van der Waals surface area contributed by atoms with E-state index in [9.17, 15) is 24.3 Å². The number of carbonyl (C=O) groups is 3. The van der Waals surface area contributed by atoms with Gasteiger partial charge in [-0.15, -0.1) is 0 Å². The zero-order valence-electron chi connectivity index (χ0n) is 25.4. The number of nitrogens with one attached hydrogen (secondary N) is 1. The molecule has 2 bridgehead atoms. The minimum Gasteiger partial charge on any atom is -0.480 e. The lowest BCUT2D eigenvalue weighted by Gasteiger charge is -2.31. The summed E-state index contributed by atoms with van der Waals surface area (Å²) < 4.78 is 13.7. The third-order valence-corrected chi connectivity index (χ3v) is 10.1. The highest BCUT2D eigenvalue weighted by Gasteiger charge is 2.46. The Kier molecular flexibility index (Phi) is 8.64. The van der Waals surface area contributed by atoms with Crippen LogP contribution in [0.25, 0.3) is 10.9 Å². The molecule has 1 aromatic carbocycles. The van der Waals surface area contributed by atoms with Gasteiger partial charge in [0.15, 0.2) is 0 Å². The number of alkyl carbamates (subject to hydrolysis) is 1. The van der Waals surface area contributed by atoms with Crippen molar-refractivity contribution in [2.24, 2.45) is 17.8 Å². The van der Waals surface area contributed by atoms with E-state index in [1.807, 2.05) is 31.2 Å². The fraction of sp³-hybridized carbons (Fsp3) is 0.606. The predicted molar refractivity (Wildman–Crippen MR) is 162 cm³/mol. The summed E-state index contributed by atoms with van der Waals surface area (Å²) in [5.41, 5.74) is 1.20. The molecule has 6 rings (SSSR count). The Hall–Kier alpha value is -3.89. The maximum atomic E-state index is 14.1. The van der Waals surface area contributed by atoms with Crippen LogP contribution in [0.3, 0.4) is 0 Å². The van der Waals surface area contributed by atoms with Crippen LogP contribution in [0, 0.1) is 24.7 Å². The highest BCUT2D eigenvalue weighted by Crippen LogP contribution is 2.37. The van der Waals surface area contributed by atoms with E-state index in [1.165, 1.54) is 9.47 Å². The first-order valence-corrected chi connectivity index (χ1v) is 16.0. The van der Waals surface area contributed by atoms with Crippen molar-refractivity contribution in [3.8, 4) is 6.01 Å². The molecule has 236 valence electrons. The third kappa shape index (κ3) is 6.05. The Morgan fingerprint density at radius 1 is 1.05 bits per heavy atom. The Bertz CT molecular complexity index is 1510. The maximum Gasteiger partial charge on any atom is 0.408 e. The molecule has 2 aliphatic heterocycles. The Balaban J connectivity index is 1.38. The lowest BCUT2D eigenvalue weighted by atomic mass is 9.91. The summed E-state index contributed by atoms with van der Waals surface area (Å²) in [5.74, 6) is -1.13. The van der Waals surface area contributed by atoms with E-state index < -0.39 is 36.2 Å². The summed E-state index contributed by atoms with van der Waals surface area (Å²) >= 11 is 0. The number of amides is 2. The number of fused-ring (bicyclic) bond motifs is 5. The van der Waals surface area contributed by atoms with Crippen LogP contribution in [0.15, 0.2) is 35.1 Å². The molecule has 1 aromatic heterocycles. The molecule has 11 heteroatoms. The second kappa shape index (κ2) is 12.6. The molecule has 0 spiro atoms. The van der Waals surface area contributed by atoms with Crippen LogP contribution in [0.4, 0.5) is 4.79 Å². The number of aliphatic carboxylic acids is 1. The first-order valence-electron chi connectivity index (χ1n) is 16.0. The van der Waals surface area contributed by atoms with E-state index >= 15 is 0 Å². The van der Waals surface area contributed by atoms with Crippen LogP contribution in [-0.2, 0) is 20.9 Å². The van der Waals surface area contributed by atoms with Crippen molar-refractivity contribution in [3.05, 3.63) is 46.3 Å². The summed E-state index contributed by atoms with van der Waals surface area (Å²) in [6.45, 7) is 4.32. The topological polar surface area (TPSA) is 140 Å². The van der Waals surface area contributed by atoms with Crippen molar-refractivity contribution in [2.75, 3.05) is 6.54 Å². The number of allylic oxidation sites excluding steroid dienone is 2. The molecule has 3 heterocycles. The summed E-state index contributed by atoms with van der Waals surface area (Å²) in [7, 11) is 0. The van der Waals surface area contributed by atoms with Gasteiger partial charge in [0.25, 0.3) is 11.6 Å². The Morgan fingerprint density at radius 2 is 1.84 bits per heavy atom. The number of hydrogen-bond acceptors (Lipinski definition) is 7. The van der Waals surface area contributed by atoms with E-state index in [0.717, 1.165) is 56.9 Å². The smallest absolute Gasteiger partial charge is 0.408 e. The first-order chi connectivity index (χ1) is 21.2. The third-order valence-electron chi connectivity index (χ3n) is 10.1. The molecule has 0 radical (unpaired) electrons. The zero-order valence-corrected chi connectivity index (χ0v) is 25.4. The second-order valence-electron chi connectivity index (χ2n) is 13.0. The quantitative estimate of drug-likeness (QED) is 0.485. The molecule has 2 amide bonds. The van der Waals surface area contributed by atoms with E-state index in [0.29, 0.717) is 16.8 Å². The fourth-order valence-corrected chi connectivity index (χ4v) is 7.65. The number of hydrogen-bond donors (Lipinski definition) is 2. The Morgan fingerprint density at radius 3 is 2.61 bits per heavy atom. The molecule has 6 atom stereocenters. The molecule has 2 saturated carbocycles. The summed E-state index contributed by atoms with van der Waals surface area (Å²) in [4.78, 5) is 59.4. The van der Waals surface area contributed by atoms with Crippen LogP contribution in [-0.4, -0.2) is 68.4 Å². The van der Waals surface area contributed by atoms with Gasteiger partial charge in [-0.2, -0.15) is 4.98 Å². The van der Waals surface area contributed by atoms with Crippen LogP contribution in [0.2, 0.25) is 0 Å². The van der Waals surface area contributed by atoms with E-state index in [1.54, 1.807) is 6.07 Å². The van der Waals surface area contributed by atoms with Crippen LogP contribution >= 0.6 is 0 Å². The number of carbonyl (C=O) groups excluding carboxylic acids is 2. The van der Waals surface area contributed by atoms with E-state index in [2.05, 4.69) is 12.2 Å². The van der Waals surface area contributed by atoms with Gasteiger partial charge in [0, 0.05) is 13.0 Å². The number of benzene rings is 1. The molecular weight excluding hydrogens is 564 g/mol. The molecular formula is C33H42N4O7. The molecule has 1 unspecified atom stereocenters. The van der Waals surface area contributed by atoms with Crippen molar-refractivity contribution in [3.63, 3.8) is 0 Å². The number of ether oxygens (including phenoxy) is 2. The molecule has 2 N–H and O–H groups in total. The lowest BCUT2D eigenvalue weighted by molar-refractivity contribution is -0.149. The lowest BCUT2D eigenvalue weighted by Crippen LogP contribution is -2.55. The number of carboxylic acid groups (broad SMARTS) is 1. The number of carboxylic acids is 1. The van der Waals surface area contributed by atoms with E-state index in [-0.39, 0.29) is 49.0 Å².